The quantitative estimate of drug-likeness (QED) is 0.580. The number of rotatable bonds is 5. The van der Waals surface area contributed by atoms with Crippen LogP contribution in [0.15, 0.2) is 59.7 Å². The largest absolute Gasteiger partial charge is 0.510 e. The van der Waals surface area contributed by atoms with Crippen LogP contribution in [0.1, 0.15) is 16.1 Å². The fourth-order valence-corrected chi connectivity index (χ4v) is 4.13. The topological polar surface area (TPSA) is 97.5 Å². The number of benzene rings is 2. The molecule has 1 aromatic heterocycles. The number of aliphatic hydroxyl groups is 1. The van der Waals surface area contributed by atoms with Gasteiger partial charge in [0.1, 0.15) is 16.6 Å². The summed E-state index contributed by atoms with van der Waals surface area (Å²) in [5.74, 6) is -0.603. The molecule has 3 aromatic rings. The van der Waals surface area contributed by atoms with Crippen molar-refractivity contribution in [2.45, 2.75) is 13.3 Å². The lowest BCUT2D eigenvalue weighted by Gasteiger charge is -2.18. The highest BCUT2D eigenvalue weighted by Crippen LogP contribution is 2.34. The summed E-state index contributed by atoms with van der Waals surface area (Å²) in [5, 5.41) is 30.5. The van der Waals surface area contributed by atoms with Crippen LogP contribution in [0.2, 0.25) is 0 Å². The van der Waals surface area contributed by atoms with Gasteiger partial charge in [-0.3, -0.25) is 10.2 Å². The monoisotopic (exact) mass is 405 g/mol. The van der Waals surface area contributed by atoms with Gasteiger partial charge in [-0.25, -0.2) is 4.98 Å². The zero-order valence-corrected chi connectivity index (χ0v) is 16.5. The lowest BCUT2D eigenvalue weighted by atomic mass is 10.1. The van der Waals surface area contributed by atoms with Crippen LogP contribution in [-0.2, 0) is 11.2 Å². The first-order chi connectivity index (χ1) is 13.9. The Balaban J connectivity index is 1.57. The number of carbonyl (C=O) groups is 1. The fraction of sp³-hybridized carbons (Fsp3) is 0.136. The van der Waals surface area contributed by atoms with Gasteiger partial charge in [0, 0.05) is 16.6 Å². The van der Waals surface area contributed by atoms with Crippen molar-refractivity contribution in [1.29, 1.82) is 5.41 Å². The Labute approximate surface area is 171 Å². The molecule has 0 bridgehead atoms. The molecule has 0 amide bonds. The highest BCUT2D eigenvalue weighted by molar-refractivity contribution is 7.11. The van der Waals surface area contributed by atoms with E-state index in [-0.39, 0.29) is 24.6 Å². The lowest BCUT2D eigenvalue weighted by Crippen LogP contribution is -2.26. The molecule has 4 rings (SSSR count). The minimum atomic E-state index is -0.888. The van der Waals surface area contributed by atoms with Crippen LogP contribution < -0.4 is 4.90 Å². The molecule has 146 valence electrons. The Morgan fingerprint density at radius 3 is 2.52 bits per heavy atom. The summed E-state index contributed by atoms with van der Waals surface area (Å²) in [6.45, 7) is 2.22. The standard InChI is InChI=1S/C22H19N3O3S/c1-13-2-6-15(7-3-13)17-12-29-22(24-17)20-18(26)11-25(21(20)23)16-8-4-14(5-9-16)10-19(27)28/h2-9,12,23,26H,10-11H2,1H3,(H,27,28). The number of amidine groups is 1. The molecule has 2 heterocycles. The average molecular weight is 405 g/mol. The molecule has 0 spiro atoms. The van der Waals surface area contributed by atoms with E-state index in [2.05, 4.69) is 4.98 Å². The molecule has 6 nitrogen and oxygen atoms in total. The maximum absolute atomic E-state index is 10.8. The number of aryl methyl sites for hydroxylation is 1. The van der Waals surface area contributed by atoms with Crippen LogP contribution in [-0.4, -0.2) is 33.5 Å². The summed E-state index contributed by atoms with van der Waals surface area (Å²) in [5.41, 5.74) is 4.83. The Morgan fingerprint density at radius 2 is 1.86 bits per heavy atom. The van der Waals surface area contributed by atoms with Crippen LogP contribution in [0.4, 0.5) is 5.69 Å². The smallest absolute Gasteiger partial charge is 0.307 e. The summed E-state index contributed by atoms with van der Waals surface area (Å²) in [4.78, 5) is 17.2. The highest BCUT2D eigenvalue weighted by Gasteiger charge is 2.31. The molecule has 0 saturated carbocycles. The number of nitrogens with one attached hydrogen (secondary N) is 1. The maximum atomic E-state index is 10.8. The first-order valence-corrected chi connectivity index (χ1v) is 9.92. The number of carboxylic acid groups (broad SMARTS) is 1. The predicted molar refractivity (Wildman–Crippen MR) is 115 cm³/mol. The number of carboxylic acids is 1. The summed E-state index contributed by atoms with van der Waals surface area (Å²) in [6.07, 6.45) is -0.0482. The average Bonchev–Trinajstić information content (AvgIpc) is 3.27. The normalized spacial score (nSPS) is 14.0. The molecule has 3 N–H and O–H groups in total. The molecular formula is C22H19N3O3S. The number of aromatic nitrogens is 1. The van der Waals surface area contributed by atoms with Crippen molar-refractivity contribution in [2.75, 3.05) is 11.4 Å². The number of anilines is 1. The van der Waals surface area contributed by atoms with Gasteiger partial charge >= 0.3 is 5.97 Å². The number of hydrogen-bond donors (Lipinski definition) is 3. The van der Waals surface area contributed by atoms with E-state index >= 15 is 0 Å². The van der Waals surface area contributed by atoms with Crippen LogP contribution >= 0.6 is 11.3 Å². The molecule has 0 atom stereocenters. The summed E-state index contributed by atoms with van der Waals surface area (Å²) in [6, 6.07) is 15.1. The number of aliphatic hydroxyl groups excluding tert-OH is 1. The minimum Gasteiger partial charge on any atom is -0.510 e. The zero-order valence-electron chi connectivity index (χ0n) is 15.7. The summed E-state index contributed by atoms with van der Waals surface area (Å²) >= 11 is 1.40. The van der Waals surface area contributed by atoms with Gasteiger partial charge in [0.25, 0.3) is 0 Å². The van der Waals surface area contributed by atoms with Crippen molar-refractivity contribution in [3.8, 4) is 11.3 Å². The Bertz CT molecular complexity index is 1110. The second-order valence-electron chi connectivity index (χ2n) is 6.90. The van der Waals surface area contributed by atoms with Crippen LogP contribution in [0, 0.1) is 12.3 Å². The molecule has 7 heteroatoms. The van der Waals surface area contributed by atoms with E-state index in [0.717, 1.165) is 16.9 Å². The van der Waals surface area contributed by atoms with E-state index in [1.807, 2.05) is 36.6 Å². The second kappa shape index (κ2) is 7.52. The first-order valence-electron chi connectivity index (χ1n) is 9.04. The Hall–Kier alpha value is -3.45. The van der Waals surface area contributed by atoms with E-state index < -0.39 is 5.97 Å². The van der Waals surface area contributed by atoms with Crippen LogP contribution in [0.5, 0.6) is 0 Å². The third-order valence-corrected chi connectivity index (χ3v) is 5.63. The van der Waals surface area contributed by atoms with Crippen molar-refractivity contribution in [3.05, 3.63) is 75.8 Å². The Kier molecular flexibility index (Phi) is 4.90. The second-order valence-corrected chi connectivity index (χ2v) is 7.76. The van der Waals surface area contributed by atoms with Crippen LogP contribution in [0.3, 0.4) is 0 Å². The number of nitrogens with zero attached hydrogens (tertiary/aromatic N) is 2. The van der Waals surface area contributed by atoms with Crippen molar-refractivity contribution in [2.24, 2.45) is 0 Å². The van der Waals surface area contributed by atoms with E-state index in [1.165, 1.54) is 16.9 Å². The number of aliphatic carboxylic acids is 1. The van der Waals surface area contributed by atoms with Gasteiger partial charge in [0.15, 0.2) is 0 Å². The molecule has 0 unspecified atom stereocenters. The molecule has 1 aliphatic heterocycles. The third kappa shape index (κ3) is 3.77. The summed E-state index contributed by atoms with van der Waals surface area (Å²) < 4.78 is 0. The molecule has 0 fully saturated rings. The van der Waals surface area contributed by atoms with Gasteiger partial charge in [0.05, 0.1) is 24.2 Å². The van der Waals surface area contributed by atoms with Gasteiger partial charge in [-0.1, -0.05) is 42.0 Å². The predicted octanol–water partition coefficient (Wildman–Crippen LogP) is 4.51. The van der Waals surface area contributed by atoms with E-state index in [9.17, 15) is 9.90 Å². The zero-order chi connectivity index (χ0) is 20.5. The first kappa shape index (κ1) is 18.9. The van der Waals surface area contributed by atoms with Gasteiger partial charge in [-0.15, -0.1) is 11.3 Å². The third-order valence-electron chi connectivity index (χ3n) is 4.77. The maximum Gasteiger partial charge on any atom is 0.307 e. The van der Waals surface area contributed by atoms with Gasteiger partial charge in [-0.2, -0.15) is 0 Å². The van der Waals surface area contributed by atoms with Crippen LogP contribution in [0.25, 0.3) is 16.8 Å². The highest BCUT2D eigenvalue weighted by atomic mass is 32.1. The number of hydrogen-bond acceptors (Lipinski definition) is 5. The van der Waals surface area contributed by atoms with Crippen molar-refractivity contribution in [3.63, 3.8) is 0 Å². The van der Waals surface area contributed by atoms with E-state index in [1.54, 1.807) is 29.2 Å². The fourth-order valence-electron chi connectivity index (χ4n) is 3.24. The SMILES string of the molecule is Cc1ccc(-c2csc(C3=C(O)CN(c4ccc(CC(=O)O)cc4)C3=N)n2)cc1. The van der Waals surface area contributed by atoms with Gasteiger partial charge < -0.3 is 15.1 Å². The van der Waals surface area contributed by atoms with Gasteiger partial charge in [-0.05, 0) is 24.6 Å². The lowest BCUT2D eigenvalue weighted by molar-refractivity contribution is -0.136. The minimum absolute atomic E-state index is 0.0482. The van der Waals surface area contributed by atoms with Crippen molar-refractivity contribution >= 4 is 34.4 Å². The van der Waals surface area contributed by atoms with E-state index in [4.69, 9.17) is 10.5 Å². The van der Waals surface area contributed by atoms with E-state index in [0.29, 0.717) is 16.1 Å². The van der Waals surface area contributed by atoms with Crippen molar-refractivity contribution < 1.29 is 15.0 Å². The molecule has 1 aliphatic rings. The summed E-state index contributed by atoms with van der Waals surface area (Å²) in [7, 11) is 0. The molecular weight excluding hydrogens is 386 g/mol. The Morgan fingerprint density at radius 1 is 1.17 bits per heavy atom. The number of thiazole rings is 1. The molecule has 29 heavy (non-hydrogen) atoms. The molecule has 0 saturated heterocycles. The van der Waals surface area contributed by atoms with Gasteiger partial charge in [0.2, 0.25) is 0 Å². The molecule has 0 aliphatic carbocycles. The molecule has 2 aromatic carbocycles. The van der Waals surface area contributed by atoms with Crippen molar-refractivity contribution in [1.82, 2.24) is 4.98 Å². The molecule has 0 radical (unpaired) electrons.